The highest BCUT2D eigenvalue weighted by atomic mass is 16.4. The molecule has 102 valence electrons. The van der Waals surface area contributed by atoms with Crippen LogP contribution in [0.2, 0.25) is 0 Å². The van der Waals surface area contributed by atoms with Gasteiger partial charge in [0.1, 0.15) is 12.3 Å². The zero-order valence-electron chi connectivity index (χ0n) is 11.1. The summed E-state index contributed by atoms with van der Waals surface area (Å²) < 4.78 is 5.73. The van der Waals surface area contributed by atoms with Crippen molar-refractivity contribution in [1.29, 1.82) is 0 Å². The lowest BCUT2D eigenvalue weighted by molar-refractivity contribution is 0.0457. The summed E-state index contributed by atoms with van der Waals surface area (Å²) in [5, 5.41) is 10.9. The Morgan fingerprint density at radius 1 is 1.55 bits per heavy atom. The van der Waals surface area contributed by atoms with Gasteiger partial charge in [-0.2, -0.15) is 0 Å². The Kier molecular flexibility index (Phi) is 3.12. The molecule has 6 heteroatoms. The first-order valence-corrected chi connectivity index (χ1v) is 6.51. The Bertz CT molecular complexity index is 659. The number of aromatic nitrogens is 2. The third kappa shape index (κ3) is 2.02. The van der Waals surface area contributed by atoms with Crippen molar-refractivity contribution < 1.29 is 9.52 Å². The van der Waals surface area contributed by atoms with Crippen molar-refractivity contribution in [2.75, 3.05) is 6.54 Å². The summed E-state index contributed by atoms with van der Waals surface area (Å²) in [5.41, 5.74) is 2.29. The fourth-order valence-corrected chi connectivity index (χ4v) is 2.22. The molecule has 0 radical (unpaired) electrons. The molecule has 3 heterocycles. The summed E-state index contributed by atoms with van der Waals surface area (Å²) in [4.78, 5) is 12.0. The van der Waals surface area contributed by atoms with Crippen LogP contribution in [-0.4, -0.2) is 21.6 Å². The maximum absolute atomic E-state index is 10.9. The highest BCUT2D eigenvalue weighted by Crippen LogP contribution is 2.33. The molecule has 0 spiro atoms. The SMILES string of the molecule is CCC(O)(c1ccncc1)c1ncc(C2C#[N+]NC2)o1. The van der Waals surface area contributed by atoms with Crippen molar-refractivity contribution in [2.24, 2.45) is 0 Å². The van der Waals surface area contributed by atoms with Crippen molar-refractivity contribution in [3.8, 4) is 6.07 Å². The summed E-state index contributed by atoms with van der Waals surface area (Å²) in [5.74, 6) is 0.874. The highest BCUT2D eigenvalue weighted by molar-refractivity contribution is 5.27. The number of nitrogens with one attached hydrogen (secondary N) is 1. The highest BCUT2D eigenvalue weighted by Gasteiger charge is 2.36. The largest absolute Gasteiger partial charge is 0.441 e. The number of hydrogen-bond acceptors (Lipinski definition) is 5. The van der Waals surface area contributed by atoms with E-state index in [4.69, 9.17) is 4.42 Å². The molecule has 20 heavy (non-hydrogen) atoms. The minimum atomic E-state index is -1.25. The van der Waals surface area contributed by atoms with Crippen LogP contribution in [-0.2, 0) is 5.60 Å². The van der Waals surface area contributed by atoms with E-state index in [1.165, 1.54) is 0 Å². The Balaban J connectivity index is 1.96. The van der Waals surface area contributed by atoms with Gasteiger partial charge in [0, 0.05) is 12.4 Å². The average molecular weight is 271 g/mol. The molecular formula is C14H15N4O2+. The molecule has 0 aromatic carbocycles. The molecule has 0 saturated heterocycles. The molecule has 0 saturated carbocycles. The number of oxazole rings is 1. The van der Waals surface area contributed by atoms with Crippen LogP contribution >= 0.6 is 0 Å². The van der Waals surface area contributed by atoms with Crippen LogP contribution in [0.1, 0.15) is 36.5 Å². The van der Waals surface area contributed by atoms with E-state index < -0.39 is 5.60 Å². The normalized spacial score (nSPS) is 19.8. The fraction of sp³-hybridized carbons (Fsp3) is 0.357. The Morgan fingerprint density at radius 2 is 2.35 bits per heavy atom. The fourth-order valence-electron chi connectivity index (χ4n) is 2.22. The summed E-state index contributed by atoms with van der Waals surface area (Å²) in [6.45, 7) is 2.52. The first-order valence-electron chi connectivity index (χ1n) is 6.51. The van der Waals surface area contributed by atoms with Crippen LogP contribution in [0, 0.1) is 6.07 Å². The van der Waals surface area contributed by atoms with E-state index in [1.807, 2.05) is 6.92 Å². The standard InChI is InChI=1S/C14H15N4O2/c1-2-14(19,11-3-5-15-6-4-11)13-16-9-12(20-13)10-7-17-18-8-10/h3-6,9-10,17,19H,2,7H2,1H3/q+1. The van der Waals surface area contributed by atoms with Gasteiger partial charge in [-0.1, -0.05) is 12.3 Å². The third-order valence-corrected chi connectivity index (χ3v) is 3.49. The Hall–Kier alpha value is -2.39. The number of aliphatic hydroxyl groups is 1. The van der Waals surface area contributed by atoms with Gasteiger partial charge in [0.2, 0.25) is 5.89 Å². The zero-order chi connectivity index (χ0) is 14.0. The van der Waals surface area contributed by atoms with Crippen molar-refractivity contribution in [2.45, 2.75) is 24.9 Å². The molecule has 2 unspecified atom stereocenters. The molecule has 2 atom stereocenters. The maximum atomic E-state index is 10.9. The second kappa shape index (κ2) is 4.94. The molecule has 6 nitrogen and oxygen atoms in total. The lowest BCUT2D eigenvalue weighted by atomic mass is 9.92. The van der Waals surface area contributed by atoms with E-state index in [-0.39, 0.29) is 11.8 Å². The molecule has 2 aromatic heterocycles. The van der Waals surface area contributed by atoms with Crippen LogP contribution in [0.5, 0.6) is 0 Å². The molecule has 2 aromatic rings. The smallest absolute Gasteiger partial charge is 0.332 e. The van der Waals surface area contributed by atoms with Gasteiger partial charge in [0.25, 0.3) is 0 Å². The molecule has 0 amide bonds. The molecule has 1 aliphatic rings. The summed E-state index contributed by atoms with van der Waals surface area (Å²) >= 11 is 0. The first kappa shape index (κ1) is 12.6. The lowest BCUT2D eigenvalue weighted by Gasteiger charge is -2.23. The molecule has 1 aliphatic heterocycles. The first-order chi connectivity index (χ1) is 9.74. The summed E-state index contributed by atoms with van der Waals surface area (Å²) in [7, 11) is 0. The van der Waals surface area contributed by atoms with E-state index in [0.29, 0.717) is 24.3 Å². The van der Waals surface area contributed by atoms with E-state index in [0.717, 1.165) is 0 Å². The number of pyridine rings is 1. The average Bonchev–Trinajstić information content (AvgIpc) is 3.18. The van der Waals surface area contributed by atoms with Gasteiger partial charge >= 0.3 is 6.07 Å². The molecule has 0 bridgehead atoms. The number of nitrogens with zero attached hydrogens (tertiary/aromatic N) is 3. The van der Waals surface area contributed by atoms with Crippen molar-refractivity contribution in [3.63, 3.8) is 0 Å². The van der Waals surface area contributed by atoms with E-state index in [9.17, 15) is 5.11 Å². The van der Waals surface area contributed by atoms with Gasteiger partial charge in [0.15, 0.2) is 11.5 Å². The second-order valence-corrected chi connectivity index (χ2v) is 4.67. The van der Waals surface area contributed by atoms with E-state index in [2.05, 4.69) is 26.4 Å². The number of hydrogen-bond donors (Lipinski definition) is 2. The minimum absolute atomic E-state index is 0.0604. The summed E-state index contributed by atoms with van der Waals surface area (Å²) in [6.07, 6.45) is 5.36. The minimum Gasteiger partial charge on any atom is -0.441 e. The van der Waals surface area contributed by atoms with E-state index in [1.54, 1.807) is 30.7 Å². The van der Waals surface area contributed by atoms with E-state index >= 15 is 0 Å². The second-order valence-electron chi connectivity index (χ2n) is 4.67. The molecule has 0 aliphatic carbocycles. The number of rotatable bonds is 4. The molecule has 3 rings (SSSR count). The molecule has 2 N–H and O–H groups in total. The van der Waals surface area contributed by atoms with Crippen molar-refractivity contribution >= 4 is 0 Å². The van der Waals surface area contributed by atoms with Crippen LogP contribution < -0.4 is 5.43 Å². The zero-order valence-corrected chi connectivity index (χ0v) is 11.1. The van der Waals surface area contributed by atoms with Crippen LogP contribution in [0.25, 0.3) is 4.95 Å². The molecular weight excluding hydrogens is 256 g/mol. The van der Waals surface area contributed by atoms with Gasteiger partial charge in [-0.3, -0.25) is 4.98 Å². The Morgan fingerprint density at radius 3 is 3.00 bits per heavy atom. The monoisotopic (exact) mass is 271 g/mol. The van der Waals surface area contributed by atoms with Crippen molar-refractivity contribution in [3.05, 3.63) is 52.9 Å². The van der Waals surface area contributed by atoms with Crippen LogP contribution in [0.4, 0.5) is 0 Å². The third-order valence-electron chi connectivity index (χ3n) is 3.49. The lowest BCUT2D eigenvalue weighted by Crippen LogP contribution is -2.26. The van der Waals surface area contributed by atoms with Gasteiger partial charge in [-0.15, -0.1) is 0 Å². The van der Waals surface area contributed by atoms with Gasteiger partial charge in [-0.05, 0) is 24.1 Å². The van der Waals surface area contributed by atoms with Crippen molar-refractivity contribution in [1.82, 2.24) is 15.4 Å². The Labute approximate surface area is 116 Å². The van der Waals surface area contributed by atoms with Gasteiger partial charge in [0.05, 0.1) is 11.2 Å². The topological polar surface area (TPSA) is 75.5 Å². The van der Waals surface area contributed by atoms with Gasteiger partial charge < -0.3 is 9.52 Å². The van der Waals surface area contributed by atoms with Gasteiger partial charge in [-0.25, -0.2) is 4.98 Å². The predicted molar refractivity (Wildman–Crippen MR) is 72.0 cm³/mol. The maximum Gasteiger partial charge on any atom is 0.332 e. The predicted octanol–water partition coefficient (Wildman–Crippen LogP) is 1.65. The quantitative estimate of drug-likeness (QED) is 0.884. The molecule has 0 fully saturated rings. The summed E-state index contributed by atoms with van der Waals surface area (Å²) in [6, 6.07) is 6.41. The van der Waals surface area contributed by atoms with Crippen LogP contribution in [0.15, 0.2) is 35.1 Å². The van der Waals surface area contributed by atoms with Crippen LogP contribution in [0.3, 0.4) is 0 Å².